The highest BCUT2D eigenvalue weighted by Crippen LogP contribution is 2.10. The third kappa shape index (κ3) is 3.80. The predicted molar refractivity (Wildman–Crippen MR) is 71.3 cm³/mol. The monoisotopic (exact) mass is 252 g/mol. The summed E-state index contributed by atoms with van der Waals surface area (Å²) in [5.74, 6) is 0. The molecule has 1 aromatic heterocycles. The first kappa shape index (κ1) is 13.5. The van der Waals surface area contributed by atoms with Crippen molar-refractivity contribution in [2.75, 3.05) is 26.2 Å². The van der Waals surface area contributed by atoms with E-state index in [1.807, 2.05) is 10.9 Å². The summed E-state index contributed by atoms with van der Waals surface area (Å²) in [6, 6.07) is 0.581. The highest BCUT2D eigenvalue weighted by molar-refractivity contribution is 5.03. The van der Waals surface area contributed by atoms with E-state index >= 15 is 0 Å². The molecule has 0 saturated carbocycles. The topological polar surface area (TPSA) is 53.3 Å². The second-order valence-corrected chi connectivity index (χ2v) is 4.96. The Hall–Kier alpha value is -0.910. The second kappa shape index (κ2) is 6.87. The standard InChI is InChI=1S/C13H24N4O/c1-2-17-10-12(8-15-17)9-16(6-7-18)11-13-4-3-5-14-13/h8,10,13-14,18H,2-7,9,11H2,1H3. The number of rotatable bonds is 7. The minimum atomic E-state index is 0.217. The van der Waals surface area contributed by atoms with Gasteiger partial charge in [-0.2, -0.15) is 5.10 Å². The summed E-state index contributed by atoms with van der Waals surface area (Å²) in [4.78, 5) is 2.31. The van der Waals surface area contributed by atoms with Gasteiger partial charge in [-0.15, -0.1) is 0 Å². The summed E-state index contributed by atoms with van der Waals surface area (Å²) in [5.41, 5.74) is 1.23. The number of aryl methyl sites for hydroxylation is 1. The van der Waals surface area contributed by atoms with Crippen LogP contribution in [0.2, 0.25) is 0 Å². The van der Waals surface area contributed by atoms with Crippen LogP contribution in [-0.2, 0) is 13.1 Å². The van der Waals surface area contributed by atoms with Crippen LogP contribution < -0.4 is 5.32 Å². The Bertz CT molecular complexity index is 347. The maximum absolute atomic E-state index is 9.16. The van der Waals surface area contributed by atoms with E-state index < -0.39 is 0 Å². The van der Waals surface area contributed by atoms with Crippen LogP contribution in [0.1, 0.15) is 25.3 Å². The molecule has 2 rings (SSSR count). The highest BCUT2D eigenvalue weighted by atomic mass is 16.3. The summed E-state index contributed by atoms with van der Waals surface area (Å²) in [5, 5.41) is 17.0. The first-order valence-electron chi connectivity index (χ1n) is 6.89. The molecular weight excluding hydrogens is 228 g/mol. The zero-order valence-electron chi connectivity index (χ0n) is 11.2. The Labute approximate surface area is 109 Å². The molecule has 0 aliphatic carbocycles. The third-order valence-corrected chi connectivity index (χ3v) is 3.47. The fourth-order valence-corrected chi connectivity index (χ4v) is 2.52. The van der Waals surface area contributed by atoms with Gasteiger partial charge in [0.25, 0.3) is 0 Å². The van der Waals surface area contributed by atoms with Gasteiger partial charge in [-0.3, -0.25) is 9.58 Å². The molecule has 1 aliphatic heterocycles. The summed E-state index contributed by atoms with van der Waals surface area (Å²) >= 11 is 0. The second-order valence-electron chi connectivity index (χ2n) is 4.96. The van der Waals surface area contributed by atoms with Crippen molar-refractivity contribution in [2.24, 2.45) is 0 Å². The smallest absolute Gasteiger partial charge is 0.0558 e. The zero-order chi connectivity index (χ0) is 12.8. The van der Waals surface area contributed by atoms with Crippen LogP contribution in [0, 0.1) is 0 Å². The zero-order valence-corrected chi connectivity index (χ0v) is 11.2. The van der Waals surface area contributed by atoms with Crippen LogP contribution in [-0.4, -0.2) is 52.1 Å². The molecule has 0 aromatic carbocycles. The molecule has 1 unspecified atom stereocenters. The van der Waals surface area contributed by atoms with Gasteiger partial charge in [0.2, 0.25) is 0 Å². The van der Waals surface area contributed by atoms with Crippen LogP contribution in [0.3, 0.4) is 0 Å². The molecule has 0 amide bonds. The lowest BCUT2D eigenvalue weighted by molar-refractivity contribution is 0.179. The lowest BCUT2D eigenvalue weighted by Crippen LogP contribution is -2.38. The van der Waals surface area contributed by atoms with Gasteiger partial charge in [0, 0.05) is 44.0 Å². The van der Waals surface area contributed by atoms with Gasteiger partial charge >= 0.3 is 0 Å². The van der Waals surface area contributed by atoms with Crippen molar-refractivity contribution in [2.45, 2.75) is 38.9 Å². The van der Waals surface area contributed by atoms with Crippen molar-refractivity contribution >= 4 is 0 Å². The first-order chi connectivity index (χ1) is 8.81. The van der Waals surface area contributed by atoms with Crippen LogP contribution in [0.4, 0.5) is 0 Å². The van der Waals surface area contributed by atoms with Crippen LogP contribution >= 0.6 is 0 Å². The highest BCUT2D eigenvalue weighted by Gasteiger charge is 2.18. The molecule has 1 aromatic rings. The molecule has 18 heavy (non-hydrogen) atoms. The van der Waals surface area contributed by atoms with Gasteiger partial charge in [0.15, 0.2) is 0 Å². The van der Waals surface area contributed by atoms with Gasteiger partial charge in [-0.25, -0.2) is 0 Å². The quantitative estimate of drug-likeness (QED) is 0.740. The number of nitrogens with one attached hydrogen (secondary N) is 1. The van der Waals surface area contributed by atoms with Gasteiger partial charge in [-0.05, 0) is 26.3 Å². The lowest BCUT2D eigenvalue weighted by Gasteiger charge is -2.24. The van der Waals surface area contributed by atoms with Crippen LogP contribution in [0.25, 0.3) is 0 Å². The predicted octanol–water partition coefficient (Wildman–Crippen LogP) is 0.449. The summed E-state index contributed by atoms with van der Waals surface area (Å²) < 4.78 is 1.94. The van der Waals surface area contributed by atoms with Crippen molar-refractivity contribution in [3.05, 3.63) is 18.0 Å². The Morgan fingerprint density at radius 3 is 3.11 bits per heavy atom. The van der Waals surface area contributed by atoms with Crippen molar-refractivity contribution in [1.82, 2.24) is 20.0 Å². The molecule has 1 fully saturated rings. The molecule has 5 nitrogen and oxygen atoms in total. The summed E-state index contributed by atoms with van der Waals surface area (Å²) in [7, 11) is 0. The minimum absolute atomic E-state index is 0.217. The van der Waals surface area contributed by atoms with E-state index in [2.05, 4.69) is 28.4 Å². The number of aromatic nitrogens is 2. The largest absolute Gasteiger partial charge is 0.395 e. The Kier molecular flexibility index (Phi) is 5.16. The average molecular weight is 252 g/mol. The Morgan fingerprint density at radius 1 is 1.61 bits per heavy atom. The van der Waals surface area contributed by atoms with E-state index in [1.54, 1.807) is 0 Å². The van der Waals surface area contributed by atoms with E-state index in [0.717, 1.165) is 32.7 Å². The number of hydrogen-bond acceptors (Lipinski definition) is 4. The van der Waals surface area contributed by atoms with Gasteiger partial charge in [-0.1, -0.05) is 0 Å². The Morgan fingerprint density at radius 2 is 2.50 bits per heavy atom. The molecule has 0 bridgehead atoms. The van der Waals surface area contributed by atoms with Gasteiger partial charge < -0.3 is 10.4 Å². The third-order valence-electron chi connectivity index (χ3n) is 3.47. The van der Waals surface area contributed by atoms with E-state index in [0.29, 0.717) is 6.04 Å². The Balaban J connectivity index is 1.87. The van der Waals surface area contributed by atoms with E-state index in [1.165, 1.54) is 18.4 Å². The SMILES string of the molecule is CCn1cc(CN(CCO)CC2CCCN2)cn1. The van der Waals surface area contributed by atoms with E-state index in [-0.39, 0.29) is 6.61 Å². The molecule has 102 valence electrons. The lowest BCUT2D eigenvalue weighted by atomic mass is 10.2. The fraction of sp³-hybridized carbons (Fsp3) is 0.769. The molecule has 1 atom stereocenters. The summed E-state index contributed by atoms with van der Waals surface area (Å²) in [6.45, 7) is 6.96. The van der Waals surface area contributed by atoms with Crippen LogP contribution in [0.5, 0.6) is 0 Å². The molecule has 5 heteroatoms. The van der Waals surface area contributed by atoms with Crippen molar-refractivity contribution < 1.29 is 5.11 Å². The number of aliphatic hydroxyl groups excluding tert-OH is 1. The van der Waals surface area contributed by atoms with Crippen molar-refractivity contribution in [1.29, 1.82) is 0 Å². The molecule has 1 aliphatic rings. The molecule has 2 heterocycles. The van der Waals surface area contributed by atoms with Crippen molar-refractivity contribution in [3.63, 3.8) is 0 Å². The van der Waals surface area contributed by atoms with E-state index in [9.17, 15) is 0 Å². The normalized spacial score (nSPS) is 19.8. The molecule has 0 spiro atoms. The average Bonchev–Trinajstić information content (AvgIpc) is 3.00. The fourth-order valence-electron chi connectivity index (χ4n) is 2.52. The molecule has 1 saturated heterocycles. The number of hydrogen-bond donors (Lipinski definition) is 2. The van der Waals surface area contributed by atoms with Gasteiger partial charge in [0.1, 0.15) is 0 Å². The molecule has 0 radical (unpaired) electrons. The summed E-state index contributed by atoms with van der Waals surface area (Å²) in [6.07, 6.45) is 6.53. The maximum Gasteiger partial charge on any atom is 0.0558 e. The first-order valence-corrected chi connectivity index (χ1v) is 6.89. The van der Waals surface area contributed by atoms with Gasteiger partial charge in [0.05, 0.1) is 12.8 Å². The van der Waals surface area contributed by atoms with Crippen LogP contribution in [0.15, 0.2) is 12.4 Å². The molecular formula is C13H24N4O. The molecule has 2 N–H and O–H groups in total. The van der Waals surface area contributed by atoms with E-state index in [4.69, 9.17) is 5.11 Å². The minimum Gasteiger partial charge on any atom is -0.395 e. The number of aliphatic hydroxyl groups is 1. The number of nitrogens with zero attached hydrogens (tertiary/aromatic N) is 3. The maximum atomic E-state index is 9.16. The van der Waals surface area contributed by atoms with Crippen molar-refractivity contribution in [3.8, 4) is 0 Å².